The van der Waals surface area contributed by atoms with Gasteiger partial charge in [0.15, 0.2) is 17.2 Å². The monoisotopic (exact) mass is 512 g/mol. The molecule has 5 atom stereocenters. The van der Waals surface area contributed by atoms with E-state index in [2.05, 4.69) is 0 Å². The molecule has 1 heterocycles. The van der Waals surface area contributed by atoms with Crippen LogP contribution in [0.1, 0.15) is 41.5 Å². The molecular weight excluding hydrogens is 480 g/mol. The lowest BCUT2D eigenvalue weighted by Gasteiger charge is -2.50. The van der Waals surface area contributed by atoms with Crippen molar-refractivity contribution in [3.05, 3.63) is 82.6 Å². The van der Waals surface area contributed by atoms with E-state index in [0.29, 0.717) is 0 Å². The highest BCUT2D eigenvalue weighted by atomic mass is 16.7. The van der Waals surface area contributed by atoms with Crippen LogP contribution in [0.3, 0.4) is 0 Å². The van der Waals surface area contributed by atoms with E-state index >= 15 is 0 Å². The first-order chi connectivity index (χ1) is 17.1. The quantitative estimate of drug-likeness (QED) is 0.165. The molecule has 3 aliphatic rings. The minimum absolute atomic E-state index is 0.211. The van der Waals surface area contributed by atoms with E-state index in [0.717, 1.165) is 13.0 Å². The zero-order chi connectivity index (χ0) is 28.1. The number of Topliss-reactive ketones (excluding diaryl/α,β-unsaturated/α-hetero) is 3. The SMILES string of the molecule is C/C=C/C=C/C(O)=C1/C(O)=C(C)C(=O)[C@@]2(C)O[C@@]3(O)[C@@](C)(O)C(=O)\C(=C(O)/C=C/C=C/C)C(=O)[C@@]3(C)[C@@H]12. The van der Waals surface area contributed by atoms with Crippen molar-refractivity contribution < 1.29 is 44.7 Å². The van der Waals surface area contributed by atoms with Crippen LogP contribution in [0.15, 0.2) is 82.6 Å². The number of fused-ring (bicyclic) bond motifs is 3. The maximum Gasteiger partial charge on any atom is 0.217 e. The van der Waals surface area contributed by atoms with E-state index < -0.39 is 68.5 Å². The van der Waals surface area contributed by atoms with Crippen molar-refractivity contribution in [2.45, 2.75) is 58.5 Å². The molecule has 5 N–H and O–H groups in total. The zero-order valence-electron chi connectivity index (χ0n) is 21.6. The molecule has 198 valence electrons. The summed E-state index contributed by atoms with van der Waals surface area (Å²) < 4.78 is 5.82. The Morgan fingerprint density at radius 3 is 1.86 bits per heavy atom. The molecule has 0 aromatic heterocycles. The molecule has 0 spiro atoms. The third-order valence-electron chi connectivity index (χ3n) is 7.56. The van der Waals surface area contributed by atoms with Gasteiger partial charge in [0.05, 0.1) is 5.41 Å². The normalized spacial score (nSPS) is 39.5. The topological polar surface area (TPSA) is 162 Å². The Bertz CT molecular complexity index is 1290. The van der Waals surface area contributed by atoms with Crippen molar-refractivity contribution >= 4 is 17.3 Å². The van der Waals surface area contributed by atoms with E-state index in [-0.39, 0.29) is 11.1 Å². The van der Waals surface area contributed by atoms with Crippen LogP contribution in [-0.4, -0.2) is 59.9 Å². The van der Waals surface area contributed by atoms with Gasteiger partial charge in [0.25, 0.3) is 0 Å². The van der Waals surface area contributed by atoms with Gasteiger partial charge in [-0.25, -0.2) is 0 Å². The Balaban J connectivity index is 2.46. The summed E-state index contributed by atoms with van der Waals surface area (Å²) >= 11 is 0. The Morgan fingerprint density at radius 1 is 0.838 bits per heavy atom. The Hall–Kier alpha value is -3.53. The zero-order valence-corrected chi connectivity index (χ0v) is 21.6. The van der Waals surface area contributed by atoms with Crippen molar-refractivity contribution in [2.24, 2.45) is 11.3 Å². The summed E-state index contributed by atoms with van der Waals surface area (Å²) in [6, 6.07) is 0. The van der Waals surface area contributed by atoms with E-state index in [9.17, 15) is 39.9 Å². The van der Waals surface area contributed by atoms with Crippen molar-refractivity contribution in [2.75, 3.05) is 0 Å². The van der Waals surface area contributed by atoms with Crippen molar-refractivity contribution in [1.82, 2.24) is 0 Å². The minimum atomic E-state index is -2.98. The highest BCUT2D eigenvalue weighted by Crippen LogP contribution is 2.66. The van der Waals surface area contributed by atoms with Crippen molar-refractivity contribution in [1.29, 1.82) is 0 Å². The molecule has 2 fully saturated rings. The molecule has 2 aliphatic carbocycles. The predicted molar refractivity (Wildman–Crippen MR) is 134 cm³/mol. The summed E-state index contributed by atoms with van der Waals surface area (Å²) in [5.41, 5.74) is -8.56. The van der Waals surface area contributed by atoms with Crippen LogP contribution in [0, 0.1) is 11.3 Å². The molecule has 1 saturated carbocycles. The fourth-order valence-electron chi connectivity index (χ4n) is 5.62. The fraction of sp³-hybridized carbons (Fsp3) is 0.393. The molecule has 0 aromatic rings. The number of allylic oxidation sites excluding steroid dienone is 9. The number of ether oxygens (including phenoxy) is 1. The van der Waals surface area contributed by atoms with Crippen molar-refractivity contribution in [3.8, 4) is 0 Å². The first kappa shape index (κ1) is 28.0. The van der Waals surface area contributed by atoms with Gasteiger partial charge in [-0.05, 0) is 53.7 Å². The molecule has 0 bridgehead atoms. The molecule has 9 nitrogen and oxygen atoms in total. The third kappa shape index (κ3) is 3.53. The lowest BCUT2D eigenvalue weighted by molar-refractivity contribution is -0.313. The summed E-state index contributed by atoms with van der Waals surface area (Å²) in [6.45, 7) is 8.07. The number of carbonyl (C=O) groups excluding carboxylic acids is 3. The largest absolute Gasteiger partial charge is 0.508 e. The second-order valence-corrected chi connectivity index (χ2v) is 9.85. The van der Waals surface area contributed by atoms with Crippen LogP contribution in [-0.2, 0) is 19.1 Å². The average molecular weight is 513 g/mol. The van der Waals surface area contributed by atoms with Crippen LogP contribution in [0.5, 0.6) is 0 Å². The van der Waals surface area contributed by atoms with Gasteiger partial charge in [-0.1, -0.05) is 36.5 Å². The van der Waals surface area contributed by atoms with Crippen LogP contribution in [0.2, 0.25) is 0 Å². The number of aliphatic hydroxyl groups excluding tert-OH is 3. The molecule has 0 amide bonds. The highest BCUT2D eigenvalue weighted by molar-refractivity contribution is 6.28. The second kappa shape index (κ2) is 9.09. The summed E-state index contributed by atoms with van der Waals surface area (Å²) in [5, 5.41) is 55.9. The Kier molecular flexibility index (Phi) is 6.89. The van der Waals surface area contributed by atoms with E-state index in [1.165, 1.54) is 45.1 Å². The summed E-state index contributed by atoms with van der Waals surface area (Å²) in [5.74, 6) is -9.75. The molecule has 3 rings (SSSR count). The molecule has 1 saturated heterocycles. The van der Waals surface area contributed by atoms with Gasteiger partial charge in [0.1, 0.15) is 28.5 Å². The fourth-order valence-corrected chi connectivity index (χ4v) is 5.62. The molecular formula is C28H32O9. The Labute approximate surface area is 214 Å². The molecule has 37 heavy (non-hydrogen) atoms. The maximum atomic E-state index is 14.0. The number of ketones is 3. The third-order valence-corrected chi connectivity index (χ3v) is 7.56. The summed E-state index contributed by atoms with van der Waals surface area (Å²) in [4.78, 5) is 40.8. The van der Waals surface area contributed by atoms with E-state index in [4.69, 9.17) is 4.74 Å². The van der Waals surface area contributed by atoms with Gasteiger partial charge in [0.2, 0.25) is 11.6 Å². The van der Waals surface area contributed by atoms with Crippen LogP contribution in [0.25, 0.3) is 0 Å². The van der Waals surface area contributed by atoms with E-state index in [1.807, 2.05) is 0 Å². The van der Waals surface area contributed by atoms with Gasteiger partial charge < -0.3 is 30.3 Å². The molecule has 0 unspecified atom stereocenters. The summed E-state index contributed by atoms with van der Waals surface area (Å²) in [7, 11) is 0. The predicted octanol–water partition coefficient (Wildman–Crippen LogP) is 3.29. The standard InChI is InChI=1S/C28H32O9/c1-7-9-11-13-16(29)18-20(31)15(3)22(32)26(5)21(18)25(4)23(33)19(17(30)14-12-10-8-2)24(34)27(6,35)28(25,36)37-26/h7-14,21,29-31,35-36H,1-6H3/b9-7+,10-8+,13-11+,14-12+,18-16+,19-17+/t21-,25-,26+,27+,28-/m1/s1. The van der Waals surface area contributed by atoms with Gasteiger partial charge in [-0.15, -0.1) is 0 Å². The average Bonchev–Trinajstić information content (AvgIpc) is 3.03. The van der Waals surface area contributed by atoms with E-state index in [1.54, 1.807) is 32.1 Å². The molecule has 0 radical (unpaired) electrons. The molecule has 0 aromatic carbocycles. The molecule has 9 heteroatoms. The van der Waals surface area contributed by atoms with Crippen LogP contribution >= 0.6 is 0 Å². The lowest BCUT2D eigenvalue weighted by Crippen LogP contribution is -2.72. The highest BCUT2D eigenvalue weighted by Gasteiger charge is 2.83. The van der Waals surface area contributed by atoms with Crippen molar-refractivity contribution in [3.63, 3.8) is 0 Å². The van der Waals surface area contributed by atoms with Gasteiger partial charge in [0, 0.05) is 17.1 Å². The maximum absolute atomic E-state index is 14.0. The minimum Gasteiger partial charge on any atom is -0.508 e. The molecule has 1 aliphatic heterocycles. The summed E-state index contributed by atoms with van der Waals surface area (Å²) in [6.07, 6.45) is 11.5. The Morgan fingerprint density at radius 2 is 1.35 bits per heavy atom. The number of aliphatic hydroxyl groups is 5. The number of hydrogen-bond acceptors (Lipinski definition) is 9. The van der Waals surface area contributed by atoms with Gasteiger partial charge >= 0.3 is 0 Å². The van der Waals surface area contributed by atoms with Gasteiger partial charge in [-0.3, -0.25) is 14.4 Å². The first-order valence-electron chi connectivity index (χ1n) is 11.7. The number of hydrogen-bond donors (Lipinski definition) is 5. The number of rotatable bonds is 4. The van der Waals surface area contributed by atoms with Gasteiger partial charge in [-0.2, -0.15) is 0 Å². The second-order valence-electron chi connectivity index (χ2n) is 9.85. The number of carbonyl (C=O) groups is 3. The lowest BCUT2D eigenvalue weighted by atomic mass is 9.52. The van der Waals surface area contributed by atoms with Crippen LogP contribution in [0.4, 0.5) is 0 Å². The smallest absolute Gasteiger partial charge is 0.217 e. The van der Waals surface area contributed by atoms with Crippen LogP contribution < -0.4 is 0 Å². The first-order valence-corrected chi connectivity index (χ1v) is 11.7.